The first-order valence-corrected chi connectivity index (χ1v) is 9.45. The van der Waals surface area contributed by atoms with Gasteiger partial charge in [0.1, 0.15) is 11.6 Å². The number of nitrogens with zero attached hydrogens (tertiary/aromatic N) is 1. The molecule has 0 bridgehead atoms. The van der Waals surface area contributed by atoms with Gasteiger partial charge >= 0.3 is 0 Å². The molecule has 28 heavy (non-hydrogen) atoms. The van der Waals surface area contributed by atoms with Gasteiger partial charge in [-0.2, -0.15) is 0 Å². The molecule has 3 rings (SSSR count). The zero-order chi connectivity index (χ0) is 19.9. The molecule has 2 N–H and O–H groups in total. The van der Waals surface area contributed by atoms with E-state index in [2.05, 4.69) is 15.6 Å². The minimum absolute atomic E-state index is 0.0132. The molecule has 0 radical (unpaired) electrons. The third-order valence-electron chi connectivity index (χ3n) is 3.83. The number of hydrogen-bond donors (Lipinski definition) is 2. The summed E-state index contributed by atoms with van der Waals surface area (Å²) < 4.78 is 13.7. The van der Waals surface area contributed by atoms with E-state index in [0.717, 1.165) is 4.90 Å². The SMILES string of the molecule is CC(Sc1ccc(NC(=O)c2ccccc2F)cc1)C(=O)Nc1ccccn1. The predicted octanol–water partition coefficient (Wildman–Crippen LogP) is 4.59. The van der Waals surface area contributed by atoms with Crippen LogP contribution in [-0.4, -0.2) is 22.0 Å². The van der Waals surface area contributed by atoms with Crippen LogP contribution in [0, 0.1) is 5.82 Å². The van der Waals surface area contributed by atoms with Crippen LogP contribution in [0.2, 0.25) is 0 Å². The van der Waals surface area contributed by atoms with E-state index in [-0.39, 0.29) is 16.7 Å². The van der Waals surface area contributed by atoms with Crippen LogP contribution in [0.5, 0.6) is 0 Å². The number of carbonyl (C=O) groups excluding carboxylic acids is 2. The van der Waals surface area contributed by atoms with Crippen molar-refractivity contribution in [2.45, 2.75) is 17.1 Å². The molecule has 1 heterocycles. The van der Waals surface area contributed by atoms with Gasteiger partial charge in [0.25, 0.3) is 5.91 Å². The van der Waals surface area contributed by atoms with Crippen molar-refractivity contribution >= 4 is 35.1 Å². The van der Waals surface area contributed by atoms with Crippen LogP contribution >= 0.6 is 11.8 Å². The summed E-state index contributed by atoms with van der Waals surface area (Å²) in [6.45, 7) is 1.80. The van der Waals surface area contributed by atoms with E-state index in [4.69, 9.17) is 0 Å². The average Bonchev–Trinajstić information content (AvgIpc) is 2.70. The fourth-order valence-corrected chi connectivity index (χ4v) is 3.25. The predicted molar refractivity (Wildman–Crippen MR) is 109 cm³/mol. The molecule has 142 valence electrons. The molecule has 0 aliphatic rings. The highest BCUT2D eigenvalue weighted by Gasteiger charge is 2.15. The van der Waals surface area contributed by atoms with Crippen LogP contribution in [0.1, 0.15) is 17.3 Å². The van der Waals surface area contributed by atoms with Gasteiger partial charge in [-0.25, -0.2) is 9.37 Å². The van der Waals surface area contributed by atoms with Crippen molar-refractivity contribution in [2.24, 2.45) is 0 Å². The monoisotopic (exact) mass is 395 g/mol. The molecule has 0 aliphatic heterocycles. The smallest absolute Gasteiger partial charge is 0.258 e. The Bertz CT molecular complexity index is 965. The lowest BCUT2D eigenvalue weighted by atomic mass is 10.2. The molecule has 7 heteroatoms. The molecular formula is C21H18FN3O2S. The lowest BCUT2D eigenvalue weighted by molar-refractivity contribution is -0.115. The number of aromatic nitrogens is 1. The normalized spacial score (nSPS) is 11.5. The largest absolute Gasteiger partial charge is 0.322 e. The molecule has 0 saturated carbocycles. The Labute approximate surface area is 166 Å². The summed E-state index contributed by atoms with van der Waals surface area (Å²) in [5.41, 5.74) is 0.531. The van der Waals surface area contributed by atoms with Crippen molar-refractivity contribution in [1.82, 2.24) is 4.98 Å². The van der Waals surface area contributed by atoms with E-state index in [0.29, 0.717) is 11.5 Å². The topological polar surface area (TPSA) is 71.1 Å². The van der Waals surface area contributed by atoms with Gasteiger partial charge in [-0.1, -0.05) is 18.2 Å². The standard InChI is InChI=1S/C21H18FN3O2S/c1-14(20(26)25-19-8-4-5-13-23-19)28-16-11-9-15(10-12-16)24-21(27)17-6-2-3-7-18(17)22/h2-14H,1H3,(H,24,27)(H,23,25,26). The zero-order valence-corrected chi connectivity index (χ0v) is 15.9. The molecule has 0 saturated heterocycles. The van der Waals surface area contributed by atoms with Crippen molar-refractivity contribution in [3.05, 3.63) is 84.3 Å². The van der Waals surface area contributed by atoms with Crippen LogP contribution in [0.4, 0.5) is 15.9 Å². The molecule has 0 fully saturated rings. The summed E-state index contributed by atoms with van der Waals surface area (Å²) in [5.74, 6) is -0.728. The lowest BCUT2D eigenvalue weighted by Gasteiger charge is -2.12. The Morgan fingerprint density at radius 2 is 1.68 bits per heavy atom. The van der Waals surface area contributed by atoms with Crippen LogP contribution in [0.15, 0.2) is 77.8 Å². The molecule has 3 aromatic rings. The fourth-order valence-electron chi connectivity index (χ4n) is 2.38. The first-order valence-electron chi connectivity index (χ1n) is 8.57. The number of anilines is 2. The summed E-state index contributed by atoms with van der Waals surface area (Å²) in [5, 5.41) is 5.09. The van der Waals surface area contributed by atoms with Gasteiger partial charge in [-0.3, -0.25) is 9.59 Å². The lowest BCUT2D eigenvalue weighted by Crippen LogP contribution is -2.22. The van der Waals surface area contributed by atoms with Gasteiger partial charge in [0, 0.05) is 16.8 Å². The Morgan fingerprint density at radius 1 is 0.964 bits per heavy atom. The van der Waals surface area contributed by atoms with Gasteiger partial charge in [0.2, 0.25) is 5.91 Å². The number of rotatable bonds is 6. The van der Waals surface area contributed by atoms with Crippen LogP contribution in [0.25, 0.3) is 0 Å². The second-order valence-corrected chi connectivity index (χ2v) is 7.34. The number of halogens is 1. The number of amides is 2. The minimum atomic E-state index is -0.570. The van der Waals surface area contributed by atoms with E-state index in [1.807, 2.05) is 0 Å². The van der Waals surface area contributed by atoms with Gasteiger partial charge in [-0.05, 0) is 55.5 Å². The minimum Gasteiger partial charge on any atom is -0.322 e. The van der Waals surface area contributed by atoms with E-state index in [1.54, 1.807) is 61.7 Å². The van der Waals surface area contributed by atoms with E-state index < -0.39 is 11.7 Å². The van der Waals surface area contributed by atoms with Crippen LogP contribution in [0.3, 0.4) is 0 Å². The first-order chi connectivity index (χ1) is 13.5. The number of benzene rings is 2. The third kappa shape index (κ3) is 5.17. The number of pyridine rings is 1. The molecule has 1 atom stereocenters. The van der Waals surface area contributed by atoms with Crippen molar-refractivity contribution in [1.29, 1.82) is 0 Å². The number of thioether (sulfide) groups is 1. The van der Waals surface area contributed by atoms with Crippen LogP contribution < -0.4 is 10.6 Å². The second kappa shape index (κ2) is 9.14. The summed E-state index contributed by atoms with van der Waals surface area (Å²) in [6.07, 6.45) is 1.61. The van der Waals surface area contributed by atoms with Crippen LogP contribution in [-0.2, 0) is 4.79 Å². The molecule has 2 aromatic carbocycles. The zero-order valence-electron chi connectivity index (χ0n) is 15.1. The average molecular weight is 395 g/mol. The summed E-state index contributed by atoms with van der Waals surface area (Å²) in [4.78, 5) is 29.3. The van der Waals surface area contributed by atoms with Crippen molar-refractivity contribution in [3.8, 4) is 0 Å². The Kier molecular flexibility index (Phi) is 6.39. The van der Waals surface area contributed by atoms with Gasteiger partial charge in [0.05, 0.1) is 10.8 Å². The Hall–Kier alpha value is -3.19. The third-order valence-corrected chi connectivity index (χ3v) is 4.94. The first kappa shape index (κ1) is 19.6. The molecule has 1 unspecified atom stereocenters. The summed E-state index contributed by atoms with van der Waals surface area (Å²) in [6, 6.07) is 18.1. The molecular weight excluding hydrogens is 377 g/mol. The summed E-state index contributed by atoms with van der Waals surface area (Å²) in [7, 11) is 0. The van der Waals surface area contributed by atoms with Gasteiger partial charge in [-0.15, -0.1) is 11.8 Å². The van der Waals surface area contributed by atoms with Gasteiger partial charge < -0.3 is 10.6 Å². The fraction of sp³-hybridized carbons (Fsp3) is 0.0952. The molecule has 1 aromatic heterocycles. The highest BCUT2D eigenvalue weighted by molar-refractivity contribution is 8.00. The Balaban J connectivity index is 1.57. The molecule has 0 aliphatic carbocycles. The highest BCUT2D eigenvalue weighted by atomic mass is 32.2. The number of hydrogen-bond acceptors (Lipinski definition) is 4. The van der Waals surface area contributed by atoms with E-state index in [1.165, 1.54) is 30.0 Å². The van der Waals surface area contributed by atoms with Crippen molar-refractivity contribution < 1.29 is 14.0 Å². The molecule has 2 amide bonds. The van der Waals surface area contributed by atoms with Gasteiger partial charge in [0.15, 0.2) is 0 Å². The van der Waals surface area contributed by atoms with Crippen molar-refractivity contribution in [2.75, 3.05) is 10.6 Å². The maximum Gasteiger partial charge on any atom is 0.258 e. The second-order valence-electron chi connectivity index (χ2n) is 5.92. The van der Waals surface area contributed by atoms with E-state index in [9.17, 15) is 14.0 Å². The number of carbonyl (C=O) groups is 2. The molecule has 0 spiro atoms. The maximum absolute atomic E-state index is 13.7. The Morgan fingerprint density at radius 3 is 2.36 bits per heavy atom. The number of nitrogens with one attached hydrogen (secondary N) is 2. The van der Waals surface area contributed by atoms with Crippen molar-refractivity contribution in [3.63, 3.8) is 0 Å². The summed E-state index contributed by atoms with van der Waals surface area (Å²) >= 11 is 1.38. The maximum atomic E-state index is 13.7. The molecule has 5 nitrogen and oxygen atoms in total. The quantitative estimate of drug-likeness (QED) is 0.599. The highest BCUT2D eigenvalue weighted by Crippen LogP contribution is 2.25. The van der Waals surface area contributed by atoms with E-state index >= 15 is 0 Å².